The number of pyridine rings is 2. The van der Waals surface area contributed by atoms with Crippen LogP contribution in [0.4, 0.5) is 0 Å². The van der Waals surface area contributed by atoms with Crippen LogP contribution >= 0.6 is 34.8 Å². The van der Waals surface area contributed by atoms with E-state index in [1.807, 2.05) is 30.3 Å². The monoisotopic (exact) mass is 748 g/mol. The number of hydrogen-bond donors (Lipinski definition) is 3. The van der Waals surface area contributed by atoms with Crippen LogP contribution in [0.2, 0.25) is 15.1 Å². The zero-order chi connectivity index (χ0) is 35.6. The average Bonchev–Trinajstić information content (AvgIpc) is 3.75. The molecule has 0 aliphatic carbocycles. The van der Waals surface area contributed by atoms with Gasteiger partial charge in [0, 0.05) is 97.2 Å². The second-order valence-electron chi connectivity index (χ2n) is 13.2. The number of ether oxygens (including phenoxy) is 2. The smallest absolute Gasteiger partial charge is 0.220 e. The molecule has 3 aliphatic rings. The van der Waals surface area contributed by atoms with Gasteiger partial charge in [-0.25, -0.2) is 4.98 Å². The van der Waals surface area contributed by atoms with Crippen molar-refractivity contribution in [1.82, 2.24) is 30.8 Å². The second kappa shape index (κ2) is 15.4. The molecule has 2 amide bonds. The Hall–Kier alpha value is -3.93. The molecule has 5 heterocycles. The number of nitrogens with zero attached hydrogens (tertiary/aromatic N) is 3. The molecule has 51 heavy (non-hydrogen) atoms. The van der Waals surface area contributed by atoms with Crippen LogP contribution in [0, 0.1) is 0 Å². The van der Waals surface area contributed by atoms with Gasteiger partial charge in [-0.2, -0.15) is 0 Å². The fourth-order valence-electron chi connectivity index (χ4n) is 7.27. The first-order valence-electron chi connectivity index (χ1n) is 17.1. The summed E-state index contributed by atoms with van der Waals surface area (Å²) in [5.41, 5.74) is 7.24. The Bertz CT molecular complexity index is 1970. The van der Waals surface area contributed by atoms with Crippen molar-refractivity contribution in [3.05, 3.63) is 80.4 Å². The van der Waals surface area contributed by atoms with Gasteiger partial charge in [-0.05, 0) is 49.1 Å². The number of benzene rings is 2. The molecular weight excluding hydrogens is 711 g/mol. The molecule has 0 bridgehead atoms. The van der Waals surface area contributed by atoms with Crippen molar-refractivity contribution in [2.45, 2.75) is 57.3 Å². The van der Waals surface area contributed by atoms with E-state index in [1.54, 1.807) is 26.5 Å². The number of rotatable bonds is 11. The van der Waals surface area contributed by atoms with Gasteiger partial charge in [-0.15, -0.1) is 0 Å². The Kier molecular flexibility index (Phi) is 10.7. The molecule has 0 spiro atoms. The molecule has 0 radical (unpaired) electrons. The van der Waals surface area contributed by atoms with Crippen molar-refractivity contribution in [3.63, 3.8) is 0 Å². The fourth-order valence-corrected chi connectivity index (χ4v) is 8.16. The number of amides is 2. The Morgan fingerprint density at radius 3 is 2.37 bits per heavy atom. The molecule has 7 rings (SSSR count). The number of methoxy groups -OCH3 is 2. The van der Waals surface area contributed by atoms with E-state index in [0.29, 0.717) is 63.8 Å². The molecule has 2 fully saturated rings. The lowest BCUT2D eigenvalue weighted by atomic mass is 9.93. The molecule has 2 unspecified atom stereocenters. The highest BCUT2D eigenvalue weighted by Crippen LogP contribution is 2.43. The van der Waals surface area contributed by atoms with Gasteiger partial charge in [0.1, 0.15) is 5.75 Å². The maximum absolute atomic E-state index is 11.7. The highest BCUT2D eigenvalue weighted by Gasteiger charge is 2.28. The van der Waals surface area contributed by atoms with Crippen LogP contribution < -0.4 is 25.4 Å². The van der Waals surface area contributed by atoms with Crippen LogP contribution in [0.25, 0.3) is 33.6 Å². The minimum Gasteiger partial charge on any atom is -0.496 e. The summed E-state index contributed by atoms with van der Waals surface area (Å²) in [6.45, 7) is 3.50. The third-order valence-corrected chi connectivity index (χ3v) is 11.0. The summed E-state index contributed by atoms with van der Waals surface area (Å²) >= 11 is 21.1. The molecule has 0 saturated carbocycles. The first-order chi connectivity index (χ1) is 24.7. The van der Waals surface area contributed by atoms with E-state index in [-0.39, 0.29) is 23.9 Å². The summed E-state index contributed by atoms with van der Waals surface area (Å²) in [4.78, 5) is 35.1. The number of carbonyl (C=O) groups excluding carboxylic acids is 2. The first kappa shape index (κ1) is 35.5. The van der Waals surface area contributed by atoms with E-state index < -0.39 is 0 Å². The zero-order valence-corrected chi connectivity index (χ0v) is 30.7. The van der Waals surface area contributed by atoms with Gasteiger partial charge in [-0.1, -0.05) is 53.0 Å². The molecule has 4 aromatic rings. The third-order valence-electron chi connectivity index (χ3n) is 9.89. The number of aromatic nitrogens is 2. The van der Waals surface area contributed by atoms with Gasteiger partial charge in [-0.3, -0.25) is 19.5 Å². The maximum Gasteiger partial charge on any atom is 0.220 e. The molecule has 3 aliphatic heterocycles. The summed E-state index contributed by atoms with van der Waals surface area (Å²) in [7, 11) is 3.24. The molecule has 2 saturated heterocycles. The van der Waals surface area contributed by atoms with Crippen LogP contribution in [0.5, 0.6) is 11.6 Å². The van der Waals surface area contributed by atoms with E-state index in [4.69, 9.17) is 54.2 Å². The molecule has 2 aromatic carbocycles. The second-order valence-corrected chi connectivity index (χ2v) is 14.4. The van der Waals surface area contributed by atoms with Gasteiger partial charge in [0.15, 0.2) is 0 Å². The highest BCUT2D eigenvalue weighted by molar-refractivity contribution is 6.39. The van der Waals surface area contributed by atoms with E-state index in [1.165, 1.54) is 5.56 Å². The van der Waals surface area contributed by atoms with Crippen LogP contribution in [0.3, 0.4) is 0 Å². The lowest BCUT2D eigenvalue weighted by Crippen LogP contribution is -2.41. The zero-order valence-electron chi connectivity index (χ0n) is 28.5. The van der Waals surface area contributed by atoms with E-state index in [9.17, 15) is 9.59 Å². The van der Waals surface area contributed by atoms with Crippen molar-refractivity contribution in [1.29, 1.82) is 0 Å². The van der Waals surface area contributed by atoms with Crippen molar-refractivity contribution >= 4 is 46.6 Å². The Balaban J connectivity index is 1.14. The minimum absolute atomic E-state index is 0.0757. The molecule has 3 N–H and O–H groups in total. The molecule has 10 nitrogen and oxygen atoms in total. The van der Waals surface area contributed by atoms with Gasteiger partial charge < -0.3 is 25.4 Å². The van der Waals surface area contributed by atoms with Crippen molar-refractivity contribution < 1.29 is 19.1 Å². The Morgan fingerprint density at radius 1 is 0.902 bits per heavy atom. The Morgan fingerprint density at radius 2 is 1.65 bits per heavy atom. The highest BCUT2D eigenvalue weighted by atomic mass is 35.5. The summed E-state index contributed by atoms with van der Waals surface area (Å²) in [5, 5.41) is 10.8. The van der Waals surface area contributed by atoms with Gasteiger partial charge in [0.05, 0.1) is 40.7 Å². The molecule has 13 heteroatoms. The quantitative estimate of drug-likeness (QED) is 0.160. The number of nitrogens with one attached hydrogen (secondary N) is 3. The van der Waals surface area contributed by atoms with Crippen LogP contribution in [-0.2, 0) is 29.1 Å². The molecular formula is C38H39Cl3N6O4. The number of hydrogen-bond acceptors (Lipinski definition) is 8. The average molecular weight is 750 g/mol. The molecule has 2 aromatic heterocycles. The number of carbonyl (C=O) groups is 2. The Labute approximate surface area is 312 Å². The topological polar surface area (TPSA) is 118 Å². The first-order valence-corrected chi connectivity index (χ1v) is 18.2. The normalized spacial score (nSPS) is 18.8. The lowest BCUT2D eigenvalue weighted by Gasteiger charge is -2.32. The van der Waals surface area contributed by atoms with E-state index in [2.05, 4.69) is 26.9 Å². The van der Waals surface area contributed by atoms with Crippen LogP contribution in [0.1, 0.15) is 42.4 Å². The van der Waals surface area contributed by atoms with Crippen LogP contribution in [-0.4, -0.2) is 72.6 Å². The predicted molar refractivity (Wildman–Crippen MR) is 199 cm³/mol. The third kappa shape index (κ3) is 7.52. The summed E-state index contributed by atoms with van der Waals surface area (Å²) in [6, 6.07) is 13.8. The number of fused-ring (bicyclic) bond motifs is 1. The van der Waals surface area contributed by atoms with E-state index >= 15 is 0 Å². The predicted octanol–water partition coefficient (Wildman–Crippen LogP) is 6.46. The van der Waals surface area contributed by atoms with Crippen LogP contribution in [0.15, 0.2) is 48.7 Å². The summed E-state index contributed by atoms with van der Waals surface area (Å²) in [5.74, 6) is 1.38. The van der Waals surface area contributed by atoms with E-state index in [0.717, 1.165) is 72.5 Å². The largest absolute Gasteiger partial charge is 0.496 e. The van der Waals surface area contributed by atoms with Crippen molar-refractivity contribution in [2.24, 2.45) is 0 Å². The minimum atomic E-state index is 0.0757. The van der Waals surface area contributed by atoms with Gasteiger partial charge in [0.25, 0.3) is 0 Å². The number of halogens is 3. The van der Waals surface area contributed by atoms with Gasteiger partial charge in [0.2, 0.25) is 17.7 Å². The molecule has 2 atom stereocenters. The molecule has 266 valence electrons. The lowest BCUT2D eigenvalue weighted by molar-refractivity contribution is -0.120. The standard InChI is InChI=1S/C38H39Cl3N6O4/c1-50-32-15-22(14-21-11-13-47(20-29(21)32)19-24-7-9-34(49)45-24)37-36(41)26(10-12-43-37)25-4-3-5-27(35(25)40)31-16-30(39)28(38(46-31)51-2)18-42-17-23-6-8-33(48)44-23/h3-5,10,12,14-16,23-24,42H,6-9,11,13,17-20H2,1-2H3,(H,44,48)(H,45,49). The van der Waals surface area contributed by atoms with Gasteiger partial charge >= 0.3 is 0 Å². The fraction of sp³-hybridized carbons (Fsp3) is 0.368. The SMILES string of the molecule is COc1cc(-c2nccc(-c3cccc(-c4cc(Cl)c(CNCC5CCC(=O)N5)c(OC)n4)c3Cl)c2Cl)cc2c1CN(CC1CCC(=O)N1)CC2. The van der Waals surface area contributed by atoms with Crippen molar-refractivity contribution in [3.8, 4) is 45.3 Å². The summed E-state index contributed by atoms with van der Waals surface area (Å²) in [6.07, 6.45) is 5.40. The maximum atomic E-state index is 11.7. The summed E-state index contributed by atoms with van der Waals surface area (Å²) < 4.78 is 11.6. The van der Waals surface area contributed by atoms with Crippen molar-refractivity contribution in [2.75, 3.05) is 33.9 Å².